The smallest absolute Gasteiger partial charge is 0.328 e. The standard InChI is InChI=1S/C15H13NO3/c1-11-5-7-14(10-16-11)19-13-4-2-3-12(9-13)6-8-15(17)18/h2-10H,1H3,(H,17,18). The van der Waals surface area contributed by atoms with E-state index in [0.717, 1.165) is 17.3 Å². The molecule has 0 fully saturated rings. The van der Waals surface area contributed by atoms with Crippen LogP contribution in [-0.4, -0.2) is 16.1 Å². The molecule has 1 N–H and O–H groups in total. The summed E-state index contributed by atoms with van der Waals surface area (Å²) in [7, 11) is 0. The molecule has 1 aromatic heterocycles. The summed E-state index contributed by atoms with van der Waals surface area (Å²) in [5.74, 6) is 0.303. The molecule has 96 valence electrons. The molecule has 4 heteroatoms. The van der Waals surface area contributed by atoms with Gasteiger partial charge in [-0.3, -0.25) is 4.98 Å². The van der Waals surface area contributed by atoms with Crippen molar-refractivity contribution in [3.05, 3.63) is 59.9 Å². The Hall–Kier alpha value is -2.62. The van der Waals surface area contributed by atoms with Crippen LogP contribution in [0.1, 0.15) is 11.3 Å². The van der Waals surface area contributed by atoms with Gasteiger partial charge in [0.05, 0.1) is 6.20 Å². The second kappa shape index (κ2) is 5.82. The Morgan fingerprint density at radius 3 is 2.79 bits per heavy atom. The summed E-state index contributed by atoms with van der Waals surface area (Å²) in [5.41, 5.74) is 1.69. The summed E-state index contributed by atoms with van der Waals surface area (Å²) in [5, 5.41) is 8.58. The molecule has 1 aromatic carbocycles. The molecule has 0 atom stereocenters. The molecule has 2 aromatic rings. The average Bonchev–Trinajstić information content (AvgIpc) is 2.40. The Morgan fingerprint density at radius 2 is 2.11 bits per heavy atom. The first kappa shape index (κ1) is 12.8. The van der Waals surface area contributed by atoms with Crippen LogP contribution < -0.4 is 4.74 Å². The van der Waals surface area contributed by atoms with Crippen LogP contribution in [0.3, 0.4) is 0 Å². The lowest BCUT2D eigenvalue weighted by Crippen LogP contribution is -1.88. The zero-order valence-electron chi connectivity index (χ0n) is 10.4. The number of aryl methyl sites for hydroxylation is 1. The van der Waals surface area contributed by atoms with E-state index >= 15 is 0 Å². The first-order valence-corrected chi connectivity index (χ1v) is 5.75. The van der Waals surface area contributed by atoms with E-state index in [9.17, 15) is 4.79 Å². The van der Waals surface area contributed by atoms with Gasteiger partial charge in [0.1, 0.15) is 11.5 Å². The highest BCUT2D eigenvalue weighted by Gasteiger charge is 1.98. The van der Waals surface area contributed by atoms with Crippen molar-refractivity contribution in [2.75, 3.05) is 0 Å². The third-order valence-electron chi connectivity index (χ3n) is 2.40. The Labute approximate surface area is 111 Å². The van der Waals surface area contributed by atoms with E-state index in [1.165, 1.54) is 6.08 Å². The first-order valence-electron chi connectivity index (χ1n) is 5.75. The molecule has 0 spiro atoms. The molecule has 0 aliphatic heterocycles. The van der Waals surface area contributed by atoms with Crippen molar-refractivity contribution in [2.45, 2.75) is 6.92 Å². The number of carboxylic acids is 1. The molecule has 0 amide bonds. The Balaban J connectivity index is 2.15. The highest BCUT2D eigenvalue weighted by molar-refractivity contribution is 5.85. The Kier molecular flexibility index (Phi) is 3.93. The molecule has 0 unspecified atom stereocenters. The minimum Gasteiger partial charge on any atom is -0.478 e. The summed E-state index contributed by atoms with van der Waals surface area (Å²) >= 11 is 0. The van der Waals surface area contributed by atoms with Crippen molar-refractivity contribution < 1.29 is 14.6 Å². The van der Waals surface area contributed by atoms with E-state index in [0.29, 0.717) is 11.5 Å². The molecule has 0 aliphatic carbocycles. The van der Waals surface area contributed by atoms with Crippen LogP contribution in [0.4, 0.5) is 0 Å². The van der Waals surface area contributed by atoms with Crippen molar-refractivity contribution in [3.63, 3.8) is 0 Å². The number of carboxylic acid groups (broad SMARTS) is 1. The summed E-state index contributed by atoms with van der Waals surface area (Å²) in [6.07, 6.45) is 4.25. The highest BCUT2D eigenvalue weighted by atomic mass is 16.5. The number of aromatic nitrogens is 1. The summed E-state index contributed by atoms with van der Waals surface area (Å²) < 4.78 is 5.64. The highest BCUT2D eigenvalue weighted by Crippen LogP contribution is 2.22. The number of carbonyl (C=O) groups is 1. The fourth-order valence-electron chi connectivity index (χ4n) is 1.50. The predicted octanol–water partition coefficient (Wildman–Crippen LogP) is 3.28. The van der Waals surface area contributed by atoms with Crippen LogP contribution in [-0.2, 0) is 4.79 Å². The van der Waals surface area contributed by atoms with E-state index in [-0.39, 0.29) is 0 Å². The zero-order chi connectivity index (χ0) is 13.7. The first-order chi connectivity index (χ1) is 9.13. The molecule has 2 rings (SSSR count). The zero-order valence-corrected chi connectivity index (χ0v) is 10.4. The number of ether oxygens (including phenoxy) is 1. The van der Waals surface area contributed by atoms with Crippen molar-refractivity contribution in [3.8, 4) is 11.5 Å². The van der Waals surface area contributed by atoms with Gasteiger partial charge < -0.3 is 9.84 Å². The minimum absolute atomic E-state index is 0.637. The third-order valence-corrected chi connectivity index (χ3v) is 2.40. The molecule has 0 bridgehead atoms. The van der Waals surface area contributed by atoms with Gasteiger partial charge in [0.15, 0.2) is 0 Å². The summed E-state index contributed by atoms with van der Waals surface area (Å²) in [6.45, 7) is 1.90. The lowest BCUT2D eigenvalue weighted by atomic mass is 10.2. The molecule has 0 radical (unpaired) electrons. The lowest BCUT2D eigenvalue weighted by Gasteiger charge is -2.06. The van der Waals surface area contributed by atoms with Crippen LogP contribution in [0.2, 0.25) is 0 Å². The van der Waals surface area contributed by atoms with E-state index in [1.54, 1.807) is 30.5 Å². The second-order valence-electron chi connectivity index (χ2n) is 3.98. The largest absolute Gasteiger partial charge is 0.478 e. The minimum atomic E-state index is -0.978. The van der Waals surface area contributed by atoms with Crippen molar-refractivity contribution in [2.24, 2.45) is 0 Å². The van der Waals surface area contributed by atoms with Crippen LogP contribution in [0.5, 0.6) is 11.5 Å². The maximum atomic E-state index is 10.5. The third kappa shape index (κ3) is 3.96. The number of hydrogen-bond donors (Lipinski definition) is 1. The van der Waals surface area contributed by atoms with Crippen LogP contribution in [0, 0.1) is 6.92 Å². The topological polar surface area (TPSA) is 59.4 Å². The van der Waals surface area contributed by atoms with Gasteiger partial charge in [0.25, 0.3) is 0 Å². The fraction of sp³-hybridized carbons (Fsp3) is 0.0667. The van der Waals surface area contributed by atoms with Crippen molar-refractivity contribution in [1.82, 2.24) is 4.98 Å². The summed E-state index contributed by atoms with van der Waals surface area (Å²) in [4.78, 5) is 14.6. The number of benzene rings is 1. The summed E-state index contributed by atoms with van der Waals surface area (Å²) in [6, 6.07) is 10.9. The lowest BCUT2D eigenvalue weighted by molar-refractivity contribution is -0.131. The van der Waals surface area contributed by atoms with Crippen molar-refractivity contribution >= 4 is 12.0 Å². The maximum absolute atomic E-state index is 10.5. The van der Waals surface area contributed by atoms with E-state index in [1.807, 2.05) is 19.1 Å². The van der Waals surface area contributed by atoms with Gasteiger partial charge in [-0.1, -0.05) is 12.1 Å². The van der Waals surface area contributed by atoms with Gasteiger partial charge in [0, 0.05) is 11.8 Å². The molecule has 0 aliphatic rings. The maximum Gasteiger partial charge on any atom is 0.328 e. The van der Waals surface area contributed by atoms with Gasteiger partial charge in [0.2, 0.25) is 0 Å². The fourth-order valence-corrected chi connectivity index (χ4v) is 1.50. The SMILES string of the molecule is Cc1ccc(Oc2cccc(C=CC(=O)O)c2)cn1. The quantitative estimate of drug-likeness (QED) is 0.852. The molecule has 0 saturated heterocycles. The van der Waals surface area contributed by atoms with Gasteiger partial charge in [-0.15, -0.1) is 0 Å². The molecule has 4 nitrogen and oxygen atoms in total. The molecular weight excluding hydrogens is 242 g/mol. The van der Waals surface area contributed by atoms with Crippen LogP contribution in [0.25, 0.3) is 6.08 Å². The molecule has 1 heterocycles. The molecule has 0 saturated carbocycles. The number of aliphatic carboxylic acids is 1. The van der Waals surface area contributed by atoms with Gasteiger partial charge in [-0.05, 0) is 42.8 Å². The van der Waals surface area contributed by atoms with E-state index < -0.39 is 5.97 Å². The molecule has 19 heavy (non-hydrogen) atoms. The number of nitrogens with zero attached hydrogens (tertiary/aromatic N) is 1. The number of pyridine rings is 1. The monoisotopic (exact) mass is 255 g/mol. The molecular formula is C15H13NO3. The van der Waals surface area contributed by atoms with Crippen LogP contribution in [0.15, 0.2) is 48.7 Å². The van der Waals surface area contributed by atoms with E-state index in [2.05, 4.69) is 4.98 Å². The Bertz CT molecular complexity index is 603. The average molecular weight is 255 g/mol. The van der Waals surface area contributed by atoms with Gasteiger partial charge in [-0.25, -0.2) is 4.79 Å². The number of rotatable bonds is 4. The van der Waals surface area contributed by atoms with Gasteiger partial charge >= 0.3 is 5.97 Å². The van der Waals surface area contributed by atoms with E-state index in [4.69, 9.17) is 9.84 Å². The predicted molar refractivity (Wildman–Crippen MR) is 72.2 cm³/mol. The number of hydrogen-bond acceptors (Lipinski definition) is 3. The van der Waals surface area contributed by atoms with Gasteiger partial charge in [-0.2, -0.15) is 0 Å². The normalized spacial score (nSPS) is 10.6. The van der Waals surface area contributed by atoms with Crippen LogP contribution >= 0.6 is 0 Å². The Morgan fingerprint density at radius 1 is 1.26 bits per heavy atom. The van der Waals surface area contributed by atoms with Crippen molar-refractivity contribution in [1.29, 1.82) is 0 Å². The second-order valence-corrected chi connectivity index (χ2v) is 3.98.